The summed E-state index contributed by atoms with van der Waals surface area (Å²) in [5.41, 5.74) is 0.944. The van der Waals surface area contributed by atoms with Crippen LogP contribution in [-0.4, -0.2) is 32.1 Å². The van der Waals surface area contributed by atoms with E-state index < -0.39 is 32.9 Å². The van der Waals surface area contributed by atoms with E-state index in [1.54, 1.807) is 13.0 Å². The van der Waals surface area contributed by atoms with Crippen LogP contribution >= 0.6 is 0 Å². The average Bonchev–Trinajstić information content (AvgIpc) is 2.99. The number of carboxylic acids is 1. The zero-order valence-corrected chi connectivity index (χ0v) is 13.5. The summed E-state index contributed by atoms with van der Waals surface area (Å²) in [6.45, 7) is 3.63. The third-order valence-corrected chi connectivity index (χ3v) is 4.34. The monoisotopic (exact) mass is 339 g/mol. The van der Waals surface area contributed by atoms with E-state index in [1.807, 2.05) is 25.1 Å². The molecule has 1 unspecified atom stereocenters. The number of hydrogen-bond donors (Lipinski definition) is 2. The second-order valence-electron chi connectivity index (χ2n) is 4.97. The Labute approximate surface area is 133 Å². The summed E-state index contributed by atoms with van der Waals surface area (Å²) in [6.07, 6.45) is -0.417. The number of hydrogen-bond acceptors (Lipinski definition) is 5. The number of furan rings is 1. The Morgan fingerprint density at radius 3 is 2.61 bits per heavy atom. The lowest BCUT2D eigenvalue weighted by molar-refractivity contribution is 0.0656. The summed E-state index contributed by atoms with van der Waals surface area (Å²) >= 11 is 0. The number of ether oxygens (including phenoxy) is 1. The zero-order chi connectivity index (χ0) is 17.0. The molecule has 1 aromatic heterocycles. The predicted molar refractivity (Wildman–Crippen MR) is 82.1 cm³/mol. The first-order valence-corrected chi connectivity index (χ1v) is 8.33. The van der Waals surface area contributed by atoms with Crippen LogP contribution in [0.2, 0.25) is 0 Å². The summed E-state index contributed by atoms with van der Waals surface area (Å²) in [6, 6.07) is 9.58. The minimum Gasteiger partial charge on any atom is -0.489 e. The lowest BCUT2D eigenvalue weighted by atomic mass is 10.2. The van der Waals surface area contributed by atoms with E-state index in [1.165, 1.54) is 0 Å². The highest BCUT2D eigenvalue weighted by molar-refractivity contribution is 7.89. The maximum Gasteiger partial charge on any atom is 0.371 e. The molecule has 2 N–H and O–H groups in total. The molecule has 0 radical (unpaired) electrons. The number of para-hydroxylation sites is 1. The van der Waals surface area contributed by atoms with Crippen LogP contribution in [0.1, 0.15) is 23.0 Å². The summed E-state index contributed by atoms with van der Waals surface area (Å²) in [4.78, 5) is 10.7. The molecular formula is C15H17NO6S. The fourth-order valence-corrected chi connectivity index (χ4v) is 2.87. The first kappa shape index (κ1) is 17.0. The van der Waals surface area contributed by atoms with Crippen molar-refractivity contribution in [3.05, 3.63) is 47.7 Å². The molecule has 124 valence electrons. The summed E-state index contributed by atoms with van der Waals surface area (Å²) in [5, 5.41) is 8.30. The molecule has 0 amide bonds. The highest BCUT2D eigenvalue weighted by atomic mass is 32.2. The smallest absolute Gasteiger partial charge is 0.371 e. The van der Waals surface area contributed by atoms with E-state index in [0.717, 1.165) is 17.7 Å². The number of aryl methyl sites for hydroxylation is 1. The quantitative estimate of drug-likeness (QED) is 0.799. The van der Waals surface area contributed by atoms with E-state index in [-0.39, 0.29) is 6.54 Å². The SMILES string of the molecule is Cc1ccccc1OC(C)CNS(=O)(=O)c1ccc(C(=O)O)o1. The van der Waals surface area contributed by atoms with Gasteiger partial charge in [0.15, 0.2) is 0 Å². The minimum absolute atomic E-state index is 0.0137. The van der Waals surface area contributed by atoms with Gasteiger partial charge < -0.3 is 14.3 Å². The van der Waals surface area contributed by atoms with Crippen molar-refractivity contribution in [3.8, 4) is 5.75 Å². The van der Waals surface area contributed by atoms with Crippen LogP contribution in [0.25, 0.3) is 0 Å². The van der Waals surface area contributed by atoms with Gasteiger partial charge in [-0.25, -0.2) is 17.9 Å². The zero-order valence-electron chi connectivity index (χ0n) is 12.6. The van der Waals surface area contributed by atoms with Crippen molar-refractivity contribution in [2.75, 3.05) is 6.54 Å². The Morgan fingerprint density at radius 1 is 1.30 bits per heavy atom. The molecule has 0 aliphatic carbocycles. The largest absolute Gasteiger partial charge is 0.489 e. The van der Waals surface area contributed by atoms with E-state index in [0.29, 0.717) is 5.75 Å². The fraction of sp³-hybridized carbons (Fsp3) is 0.267. The number of nitrogens with one attached hydrogen (secondary N) is 1. The van der Waals surface area contributed by atoms with Crippen LogP contribution in [0.15, 0.2) is 45.9 Å². The van der Waals surface area contributed by atoms with Gasteiger partial charge in [0.25, 0.3) is 10.0 Å². The second-order valence-corrected chi connectivity index (χ2v) is 6.67. The van der Waals surface area contributed by atoms with Crippen LogP contribution in [0.4, 0.5) is 0 Å². The van der Waals surface area contributed by atoms with Gasteiger partial charge in [0, 0.05) is 6.54 Å². The van der Waals surface area contributed by atoms with Crippen molar-refractivity contribution in [2.45, 2.75) is 25.0 Å². The lowest BCUT2D eigenvalue weighted by Crippen LogP contribution is -2.33. The maximum atomic E-state index is 12.0. The molecule has 1 atom stereocenters. The molecule has 2 aromatic rings. The summed E-state index contributed by atoms with van der Waals surface area (Å²) < 4.78 is 36.9. The number of aromatic carboxylic acids is 1. The van der Waals surface area contributed by atoms with E-state index in [9.17, 15) is 13.2 Å². The first-order valence-electron chi connectivity index (χ1n) is 6.84. The molecule has 0 aliphatic heterocycles. The maximum absolute atomic E-state index is 12.0. The fourth-order valence-electron chi connectivity index (χ4n) is 1.82. The van der Waals surface area contributed by atoms with E-state index in [4.69, 9.17) is 14.3 Å². The Balaban J connectivity index is 1.98. The molecule has 7 nitrogen and oxygen atoms in total. The van der Waals surface area contributed by atoms with Crippen molar-refractivity contribution in [2.24, 2.45) is 0 Å². The molecule has 0 spiro atoms. The van der Waals surface area contributed by atoms with Crippen LogP contribution < -0.4 is 9.46 Å². The lowest BCUT2D eigenvalue weighted by Gasteiger charge is -2.16. The van der Waals surface area contributed by atoms with Gasteiger partial charge in [-0.2, -0.15) is 0 Å². The van der Waals surface area contributed by atoms with Crippen molar-refractivity contribution in [3.63, 3.8) is 0 Å². The van der Waals surface area contributed by atoms with Gasteiger partial charge in [0.1, 0.15) is 11.9 Å². The molecule has 0 saturated carbocycles. The number of carbonyl (C=O) groups is 1. The number of carboxylic acid groups (broad SMARTS) is 1. The number of rotatable bonds is 7. The van der Waals surface area contributed by atoms with E-state index in [2.05, 4.69) is 4.72 Å². The van der Waals surface area contributed by atoms with Gasteiger partial charge in [0.2, 0.25) is 10.9 Å². The van der Waals surface area contributed by atoms with Crippen LogP contribution in [0.5, 0.6) is 5.75 Å². The van der Waals surface area contributed by atoms with Gasteiger partial charge in [-0.1, -0.05) is 18.2 Å². The van der Waals surface area contributed by atoms with Gasteiger partial charge >= 0.3 is 5.97 Å². The van der Waals surface area contributed by atoms with Gasteiger partial charge in [0.05, 0.1) is 0 Å². The summed E-state index contributed by atoms with van der Waals surface area (Å²) in [7, 11) is -3.93. The summed E-state index contributed by atoms with van der Waals surface area (Å²) in [5.74, 6) is -1.09. The number of sulfonamides is 1. The first-order chi connectivity index (χ1) is 10.8. The Bertz CT molecular complexity index is 796. The van der Waals surface area contributed by atoms with Gasteiger partial charge in [-0.15, -0.1) is 0 Å². The topological polar surface area (TPSA) is 106 Å². The van der Waals surface area contributed by atoms with Crippen molar-refractivity contribution in [1.82, 2.24) is 4.72 Å². The molecule has 2 rings (SSSR count). The molecule has 23 heavy (non-hydrogen) atoms. The third-order valence-electron chi connectivity index (χ3n) is 3.04. The predicted octanol–water partition coefficient (Wildman–Crippen LogP) is 2.03. The Kier molecular flexibility index (Phi) is 5.07. The molecule has 8 heteroatoms. The normalized spacial score (nSPS) is 12.8. The average molecular weight is 339 g/mol. The minimum atomic E-state index is -3.93. The molecule has 0 aliphatic rings. The van der Waals surface area contributed by atoms with Crippen LogP contribution in [-0.2, 0) is 10.0 Å². The van der Waals surface area contributed by atoms with Crippen LogP contribution in [0, 0.1) is 6.92 Å². The van der Waals surface area contributed by atoms with Crippen molar-refractivity contribution in [1.29, 1.82) is 0 Å². The Hall–Kier alpha value is -2.32. The molecule has 1 heterocycles. The van der Waals surface area contributed by atoms with Crippen molar-refractivity contribution < 1.29 is 27.5 Å². The highest BCUT2D eigenvalue weighted by Gasteiger charge is 2.21. The molecule has 0 saturated heterocycles. The standard InChI is InChI=1S/C15H17NO6S/c1-10-5-3-4-6-12(10)21-11(2)9-16-23(19,20)14-8-7-13(22-14)15(17)18/h3-8,11,16H,9H2,1-2H3,(H,17,18). The molecule has 0 bridgehead atoms. The molecule has 1 aromatic carbocycles. The van der Waals surface area contributed by atoms with Crippen molar-refractivity contribution >= 4 is 16.0 Å². The second kappa shape index (κ2) is 6.84. The molecule has 0 fully saturated rings. The third kappa shape index (κ3) is 4.33. The van der Waals surface area contributed by atoms with E-state index >= 15 is 0 Å². The number of benzene rings is 1. The van der Waals surface area contributed by atoms with Gasteiger partial charge in [-0.3, -0.25) is 0 Å². The Morgan fingerprint density at radius 2 is 2.00 bits per heavy atom. The van der Waals surface area contributed by atoms with Crippen LogP contribution in [0.3, 0.4) is 0 Å². The van der Waals surface area contributed by atoms with Gasteiger partial charge in [-0.05, 0) is 37.6 Å². The highest BCUT2D eigenvalue weighted by Crippen LogP contribution is 2.18. The molecular weight excluding hydrogens is 322 g/mol.